The molecule has 0 fully saturated rings. The standard InChI is InChI=1S/C20H44NO/c1-4-5-6-7-8-9-10-11-12-13-14-15-18-21(2,3)19-16-17-20-22/h22H,4-20H2,1-3H3/q+1. The highest BCUT2D eigenvalue weighted by Gasteiger charge is 2.13. The Hall–Kier alpha value is -0.0800. The lowest BCUT2D eigenvalue weighted by Gasteiger charge is -2.29. The average Bonchev–Trinajstić information content (AvgIpc) is 2.48. The Morgan fingerprint density at radius 1 is 0.545 bits per heavy atom. The molecule has 0 unspecified atom stereocenters. The van der Waals surface area contributed by atoms with Crippen LogP contribution in [0.2, 0.25) is 0 Å². The predicted molar refractivity (Wildman–Crippen MR) is 99.2 cm³/mol. The van der Waals surface area contributed by atoms with Gasteiger partial charge in [-0.3, -0.25) is 0 Å². The third kappa shape index (κ3) is 16.3. The minimum absolute atomic E-state index is 0.346. The molecule has 0 radical (unpaired) electrons. The van der Waals surface area contributed by atoms with E-state index < -0.39 is 0 Å². The summed E-state index contributed by atoms with van der Waals surface area (Å²) in [4.78, 5) is 0. The van der Waals surface area contributed by atoms with Crippen molar-refractivity contribution in [3.8, 4) is 0 Å². The summed E-state index contributed by atoms with van der Waals surface area (Å²) in [6.07, 6.45) is 19.2. The van der Waals surface area contributed by atoms with Crippen molar-refractivity contribution in [3.63, 3.8) is 0 Å². The van der Waals surface area contributed by atoms with E-state index in [4.69, 9.17) is 5.11 Å². The van der Waals surface area contributed by atoms with E-state index in [1.54, 1.807) is 0 Å². The molecule has 0 aromatic carbocycles. The topological polar surface area (TPSA) is 20.2 Å². The molecule has 0 heterocycles. The van der Waals surface area contributed by atoms with Crippen LogP contribution in [-0.2, 0) is 0 Å². The van der Waals surface area contributed by atoms with Gasteiger partial charge < -0.3 is 9.59 Å². The van der Waals surface area contributed by atoms with Crippen LogP contribution >= 0.6 is 0 Å². The summed E-state index contributed by atoms with van der Waals surface area (Å²) in [5, 5.41) is 8.84. The number of quaternary nitrogens is 1. The van der Waals surface area contributed by atoms with Gasteiger partial charge in [-0.15, -0.1) is 0 Å². The molecule has 0 saturated heterocycles. The molecular weight excluding hydrogens is 270 g/mol. The largest absolute Gasteiger partial charge is 0.396 e. The minimum Gasteiger partial charge on any atom is -0.396 e. The second-order valence-electron chi connectivity index (χ2n) is 7.70. The number of unbranched alkanes of at least 4 members (excludes halogenated alkanes) is 12. The van der Waals surface area contributed by atoms with E-state index in [1.165, 1.54) is 90.1 Å². The summed E-state index contributed by atoms with van der Waals surface area (Å²) in [5.74, 6) is 0. The van der Waals surface area contributed by atoms with Gasteiger partial charge in [0.05, 0.1) is 27.2 Å². The zero-order chi connectivity index (χ0) is 16.5. The van der Waals surface area contributed by atoms with Crippen LogP contribution in [0.15, 0.2) is 0 Å². The summed E-state index contributed by atoms with van der Waals surface area (Å²) in [6, 6.07) is 0. The van der Waals surface area contributed by atoms with Crippen LogP contribution in [0.3, 0.4) is 0 Å². The van der Waals surface area contributed by atoms with Crippen molar-refractivity contribution in [2.24, 2.45) is 0 Å². The van der Waals surface area contributed by atoms with Gasteiger partial charge in [0.2, 0.25) is 0 Å². The molecule has 0 amide bonds. The Morgan fingerprint density at radius 3 is 1.32 bits per heavy atom. The SMILES string of the molecule is CCCCCCCCCCCCCC[N+](C)(C)CCCCO. The smallest absolute Gasteiger partial charge is 0.0783 e. The number of hydrogen-bond acceptors (Lipinski definition) is 1. The third-order valence-corrected chi connectivity index (χ3v) is 4.79. The molecule has 0 bridgehead atoms. The van der Waals surface area contributed by atoms with Crippen molar-refractivity contribution in [2.75, 3.05) is 33.8 Å². The zero-order valence-corrected chi connectivity index (χ0v) is 15.9. The Labute approximate surface area is 140 Å². The summed E-state index contributed by atoms with van der Waals surface area (Å²) >= 11 is 0. The molecule has 0 aromatic heterocycles. The van der Waals surface area contributed by atoms with Gasteiger partial charge in [0.25, 0.3) is 0 Å². The van der Waals surface area contributed by atoms with Gasteiger partial charge in [-0.1, -0.05) is 71.1 Å². The second kappa shape index (κ2) is 15.8. The molecule has 134 valence electrons. The van der Waals surface area contributed by atoms with Gasteiger partial charge in [-0.25, -0.2) is 0 Å². The maximum Gasteiger partial charge on any atom is 0.0783 e. The van der Waals surface area contributed by atoms with Crippen molar-refractivity contribution in [1.82, 2.24) is 0 Å². The van der Waals surface area contributed by atoms with Crippen LogP contribution in [-0.4, -0.2) is 43.4 Å². The maximum absolute atomic E-state index is 8.84. The second-order valence-corrected chi connectivity index (χ2v) is 7.70. The van der Waals surface area contributed by atoms with Crippen LogP contribution in [0, 0.1) is 0 Å². The van der Waals surface area contributed by atoms with Gasteiger partial charge in [0, 0.05) is 6.61 Å². The number of aliphatic hydroxyl groups is 1. The molecular formula is C20H44NO+. The molecule has 2 heteroatoms. The third-order valence-electron chi connectivity index (χ3n) is 4.79. The molecule has 0 rings (SSSR count). The summed E-state index contributed by atoms with van der Waals surface area (Å²) < 4.78 is 1.12. The van der Waals surface area contributed by atoms with E-state index in [0.29, 0.717) is 6.61 Å². The molecule has 2 nitrogen and oxygen atoms in total. The number of aliphatic hydroxyl groups excluding tert-OH is 1. The summed E-state index contributed by atoms with van der Waals surface area (Å²) in [6.45, 7) is 5.13. The highest BCUT2D eigenvalue weighted by Crippen LogP contribution is 2.13. The van der Waals surface area contributed by atoms with Gasteiger partial charge >= 0.3 is 0 Å². The van der Waals surface area contributed by atoms with Gasteiger partial charge in [-0.2, -0.15) is 0 Å². The van der Waals surface area contributed by atoms with Crippen LogP contribution in [0.25, 0.3) is 0 Å². The Balaban J connectivity index is 3.22. The lowest BCUT2D eigenvalue weighted by molar-refractivity contribution is -0.890. The lowest BCUT2D eigenvalue weighted by Crippen LogP contribution is -2.41. The molecule has 22 heavy (non-hydrogen) atoms. The molecule has 0 aliphatic rings. The van der Waals surface area contributed by atoms with Crippen LogP contribution in [0.1, 0.15) is 96.8 Å². The molecule has 0 spiro atoms. The van der Waals surface area contributed by atoms with E-state index in [2.05, 4.69) is 21.0 Å². The predicted octanol–water partition coefficient (Wildman–Crippen LogP) is 5.54. The number of hydrogen-bond donors (Lipinski definition) is 1. The highest BCUT2D eigenvalue weighted by atomic mass is 16.2. The van der Waals surface area contributed by atoms with Crippen molar-refractivity contribution >= 4 is 0 Å². The van der Waals surface area contributed by atoms with Gasteiger partial charge in [-0.05, 0) is 25.7 Å². The lowest BCUT2D eigenvalue weighted by atomic mass is 10.1. The van der Waals surface area contributed by atoms with Crippen LogP contribution in [0.4, 0.5) is 0 Å². The number of nitrogens with zero attached hydrogens (tertiary/aromatic N) is 1. The van der Waals surface area contributed by atoms with E-state index in [9.17, 15) is 0 Å². The maximum atomic E-state index is 8.84. The first-order valence-corrected chi connectivity index (χ1v) is 10.1. The number of rotatable bonds is 17. The molecule has 0 aliphatic carbocycles. The first kappa shape index (κ1) is 21.9. The fraction of sp³-hybridized carbons (Fsp3) is 1.00. The van der Waals surface area contributed by atoms with E-state index >= 15 is 0 Å². The molecule has 0 aromatic rings. The normalized spacial score (nSPS) is 12.0. The Kier molecular flexibility index (Phi) is 15.7. The van der Waals surface area contributed by atoms with Crippen molar-refractivity contribution in [3.05, 3.63) is 0 Å². The Bertz CT molecular complexity index is 216. The fourth-order valence-electron chi connectivity index (χ4n) is 3.14. The fourth-order valence-corrected chi connectivity index (χ4v) is 3.14. The van der Waals surface area contributed by atoms with Crippen molar-refractivity contribution in [1.29, 1.82) is 0 Å². The molecule has 0 saturated carbocycles. The van der Waals surface area contributed by atoms with Crippen LogP contribution in [0.5, 0.6) is 0 Å². The Morgan fingerprint density at radius 2 is 0.909 bits per heavy atom. The zero-order valence-electron chi connectivity index (χ0n) is 15.9. The first-order valence-electron chi connectivity index (χ1n) is 10.1. The van der Waals surface area contributed by atoms with E-state index in [1.807, 2.05) is 0 Å². The van der Waals surface area contributed by atoms with Gasteiger partial charge in [0.15, 0.2) is 0 Å². The summed E-state index contributed by atoms with van der Waals surface area (Å²) in [5.41, 5.74) is 0. The molecule has 0 atom stereocenters. The van der Waals surface area contributed by atoms with Crippen molar-refractivity contribution < 1.29 is 9.59 Å². The molecule has 0 aliphatic heterocycles. The highest BCUT2D eigenvalue weighted by molar-refractivity contribution is 4.49. The first-order chi connectivity index (χ1) is 10.6. The van der Waals surface area contributed by atoms with Crippen LogP contribution < -0.4 is 0 Å². The quantitative estimate of drug-likeness (QED) is 0.276. The van der Waals surface area contributed by atoms with Gasteiger partial charge in [0.1, 0.15) is 0 Å². The molecule has 1 N–H and O–H groups in total. The summed E-state index contributed by atoms with van der Waals surface area (Å²) in [7, 11) is 4.66. The minimum atomic E-state index is 0.346. The monoisotopic (exact) mass is 314 g/mol. The van der Waals surface area contributed by atoms with Crippen molar-refractivity contribution in [2.45, 2.75) is 96.8 Å². The average molecular weight is 315 g/mol. The van der Waals surface area contributed by atoms with E-state index in [0.717, 1.165) is 17.3 Å². The van der Waals surface area contributed by atoms with E-state index in [-0.39, 0.29) is 0 Å².